The van der Waals surface area contributed by atoms with Crippen LogP contribution in [0.3, 0.4) is 0 Å². The van der Waals surface area contributed by atoms with Crippen molar-refractivity contribution in [3.8, 4) is 11.3 Å². The van der Waals surface area contributed by atoms with Crippen molar-refractivity contribution in [3.05, 3.63) is 66.2 Å². The second-order valence-electron chi connectivity index (χ2n) is 6.07. The van der Waals surface area contributed by atoms with Gasteiger partial charge in [-0.3, -0.25) is 4.98 Å². The molecule has 1 aliphatic carbocycles. The molecule has 1 aliphatic rings. The van der Waals surface area contributed by atoms with Gasteiger partial charge < -0.3 is 10.6 Å². The van der Waals surface area contributed by atoms with Gasteiger partial charge in [0.2, 0.25) is 5.95 Å². The second-order valence-corrected chi connectivity index (χ2v) is 6.07. The molecular formula is C19H18FN5. The summed E-state index contributed by atoms with van der Waals surface area (Å²) in [4.78, 5) is 13.2. The molecule has 126 valence electrons. The third kappa shape index (κ3) is 3.91. The lowest BCUT2D eigenvalue weighted by Gasteiger charge is -2.11. The standard InChI is InChI=1S/C19H18FN5/c20-16-6-2-1-4-13(16)12-22-18-10-17(14-5-3-9-21-11-14)24-19(25-18)23-15-7-8-15/h1-6,9-11,15H,7-8,12H2,(H2,22,23,24,25). The second kappa shape index (κ2) is 6.84. The predicted molar refractivity (Wildman–Crippen MR) is 95.6 cm³/mol. The largest absolute Gasteiger partial charge is 0.366 e. The Labute approximate surface area is 145 Å². The molecule has 1 aromatic carbocycles. The van der Waals surface area contributed by atoms with Crippen LogP contribution >= 0.6 is 0 Å². The molecule has 0 atom stereocenters. The highest BCUT2D eigenvalue weighted by atomic mass is 19.1. The van der Waals surface area contributed by atoms with Crippen molar-refractivity contribution in [2.24, 2.45) is 0 Å². The van der Waals surface area contributed by atoms with Crippen LogP contribution in [0.1, 0.15) is 18.4 Å². The van der Waals surface area contributed by atoms with E-state index in [2.05, 4.69) is 25.6 Å². The number of hydrogen-bond acceptors (Lipinski definition) is 5. The van der Waals surface area contributed by atoms with E-state index in [1.807, 2.05) is 24.3 Å². The van der Waals surface area contributed by atoms with Gasteiger partial charge in [-0.1, -0.05) is 18.2 Å². The van der Waals surface area contributed by atoms with E-state index in [9.17, 15) is 4.39 Å². The van der Waals surface area contributed by atoms with E-state index in [-0.39, 0.29) is 5.82 Å². The predicted octanol–water partition coefficient (Wildman–Crippen LogP) is 3.86. The van der Waals surface area contributed by atoms with E-state index in [4.69, 9.17) is 0 Å². The van der Waals surface area contributed by atoms with Gasteiger partial charge in [0.15, 0.2) is 0 Å². The number of nitrogens with one attached hydrogen (secondary N) is 2. The van der Waals surface area contributed by atoms with Crippen LogP contribution in [0.15, 0.2) is 54.9 Å². The van der Waals surface area contributed by atoms with Crippen LogP contribution in [-0.2, 0) is 6.54 Å². The summed E-state index contributed by atoms with van der Waals surface area (Å²) in [6, 6.07) is 12.9. The summed E-state index contributed by atoms with van der Waals surface area (Å²) >= 11 is 0. The van der Waals surface area contributed by atoms with Crippen molar-refractivity contribution < 1.29 is 4.39 Å². The fraction of sp³-hybridized carbons (Fsp3) is 0.211. The Morgan fingerprint density at radius 3 is 2.72 bits per heavy atom. The van der Waals surface area contributed by atoms with Crippen molar-refractivity contribution in [1.82, 2.24) is 15.0 Å². The molecule has 4 rings (SSSR count). The number of anilines is 2. The van der Waals surface area contributed by atoms with Crippen molar-refractivity contribution in [2.45, 2.75) is 25.4 Å². The molecule has 0 bridgehead atoms. The summed E-state index contributed by atoms with van der Waals surface area (Å²) in [5, 5.41) is 6.51. The van der Waals surface area contributed by atoms with Gasteiger partial charge in [0, 0.05) is 42.2 Å². The van der Waals surface area contributed by atoms with Crippen LogP contribution < -0.4 is 10.6 Å². The molecule has 0 spiro atoms. The molecule has 3 aromatic rings. The van der Waals surface area contributed by atoms with Gasteiger partial charge in [-0.05, 0) is 31.0 Å². The van der Waals surface area contributed by atoms with Crippen molar-refractivity contribution in [1.29, 1.82) is 0 Å². The van der Waals surface area contributed by atoms with Gasteiger partial charge in [0.05, 0.1) is 5.69 Å². The van der Waals surface area contributed by atoms with Gasteiger partial charge in [-0.25, -0.2) is 9.37 Å². The highest BCUT2D eigenvalue weighted by Gasteiger charge is 2.22. The number of benzene rings is 1. The highest BCUT2D eigenvalue weighted by Crippen LogP contribution is 2.26. The number of pyridine rings is 1. The molecule has 25 heavy (non-hydrogen) atoms. The zero-order valence-corrected chi connectivity index (χ0v) is 13.6. The van der Waals surface area contributed by atoms with Gasteiger partial charge in [0.25, 0.3) is 0 Å². The summed E-state index contributed by atoms with van der Waals surface area (Å²) in [6.45, 7) is 0.360. The van der Waals surface area contributed by atoms with E-state index >= 15 is 0 Å². The van der Waals surface area contributed by atoms with Crippen LogP contribution in [0.25, 0.3) is 11.3 Å². The van der Waals surface area contributed by atoms with Gasteiger partial charge in [-0.15, -0.1) is 0 Å². The lowest BCUT2D eigenvalue weighted by molar-refractivity contribution is 0.613. The minimum atomic E-state index is -0.229. The summed E-state index contributed by atoms with van der Waals surface area (Å²) in [6.07, 6.45) is 5.77. The fourth-order valence-corrected chi connectivity index (χ4v) is 2.50. The maximum Gasteiger partial charge on any atom is 0.225 e. The molecule has 2 aromatic heterocycles. The molecule has 0 unspecified atom stereocenters. The third-order valence-corrected chi connectivity index (χ3v) is 4.01. The Morgan fingerprint density at radius 2 is 1.96 bits per heavy atom. The Kier molecular flexibility index (Phi) is 4.24. The van der Waals surface area contributed by atoms with Gasteiger partial charge in [0.1, 0.15) is 11.6 Å². The first kappa shape index (κ1) is 15.5. The molecule has 0 saturated heterocycles. The Balaban J connectivity index is 1.60. The van der Waals surface area contributed by atoms with Crippen LogP contribution in [-0.4, -0.2) is 21.0 Å². The minimum absolute atomic E-state index is 0.229. The topological polar surface area (TPSA) is 62.7 Å². The number of rotatable bonds is 6. The van der Waals surface area contributed by atoms with E-state index in [0.717, 1.165) is 24.1 Å². The van der Waals surface area contributed by atoms with E-state index in [1.165, 1.54) is 6.07 Å². The molecule has 0 aliphatic heterocycles. The SMILES string of the molecule is Fc1ccccc1CNc1cc(-c2cccnc2)nc(NC2CC2)n1. The highest BCUT2D eigenvalue weighted by molar-refractivity contribution is 5.63. The molecule has 5 nitrogen and oxygen atoms in total. The summed E-state index contributed by atoms with van der Waals surface area (Å²) in [5.74, 6) is 1.01. The molecule has 1 fully saturated rings. The van der Waals surface area contributed by atoms with Crippen LogP contribution in [0.2, 0.25) is 0 Å². The Morgan fingerprint density at radius 1 is 1.08 bits per heavy atom. The van der Waals surface area contributed by atoms with E-state index in [1.54, 1.807) is 24.5 Å². The zero-order valence-electron chi connectivity index (χ0n) is 13.6. The maximum absolute atomic E-state index is 13.8. The van der Waals surface area contributed by atoms with Crippen LogP contribution in [0, 0.1) is 5.82 Å². The average molecular weight is 335 g/mol. The van der Waals surface area contributed by atoms with Gasteiger partial charge >= 0.3 is 0 Å². The molecule has 1 saturated carbocycles. The monoisotopic (exact) mass is 335 g/mol. The quantitative estimate of drug-likeness (QED) is 0.716. The zero-order chi connectivity index (χ0) is 17.1. The molecule has 2 N–H and O–H groups in total. The Bertz CT molecular complexity index is 865. The molecule has 0 radical (unpaired) electrons. The third-order valence-electron chi connectivity index (χ3n) is 4.01. The van der Waals surface area contributed by atoms with Crippen molar-refractivity contribution in [3.63, 3.8) is 0 Å². The van der Waals surface area contributed by atoms with E-state index in [0.29, 0.717) is 29.9 Å². The maximum atomic E-state index is 13.8. The molecular weight excluding hydrogens is 317 g/mol. The Hall–Kier alpha value is -3.02. The first-order chi connectivity index (χ1) is 12.3. The lowest BCUT2D eigenvalue weighted by Crippen LogP contribution is -2.09. The smallest absolute Gasteiger partial charge is 0.225 e. The van der Waals surface area contributed by atoms with Crippen LogP contribution in [0.5, 0.6) is 0 Å². The normalized spacial score (nSPS) is 13.5. The number of aromatic nitrogens is 3. The number of hydrogen-bond donors (Lipinski definition) is 2. The minimum Gasteiger partial charge on any atom is -0.366 e. The van der Waals surface area contributed by atoms with Crippen molar-refractivity contribution in [2.75, 3.05) is 10.6 Å². The number of nitrogens with zero attached hydrogens (tertiary/aromatic N) is 3. The van der Waals surface area contributed by atoms with E-state index < -0.39 is 0 Å². The summed E-state index contributed by atoms with van der Waals surface area (Å²) < 4.78 is 13.8. The average Bonchev–Trinajstić information content (AvgIpc) is 3.46. The summed E-state index contributed by atoms with van der Waals surface area (Å²) in [5.41, 5.74) is 2.29. The molecule has 6 heteroatoms. The first-order valence-corrected chi connectivity index (χ1v) is 8.31. The number of halogens is 1. The lowest BCUT2D eigenvalue weighted by atomic mass is 10.2. The fourth-order valence-electron chi connectivity index (χ4n) is 2.50. The first-order valence-electron chi connectivity index (χ1n) is 8.31. The summed E-state index contributed by atoms with van der Waals surface area (Å²) in [7, 11) is 0. The molecule has 0 amide bonds. The molecule has 2 heterocycles. The van der Waals surface area contributed by atoms with Crippen LogP contribution in [0.4, 0.5) is 16.2 Å². The van der Waals surface area contributed by atoms with Crippen molar-refractivity contribution >= 4 is 11.8 Å². The van der Waals surface area contributed by atoms with Gasteiger partial charge in [-0.2, -0.15) is 4.98 Å².